The number of hydrogen-bond donors (Lipinski definition) is 1. The first-order valence-corrected chi connectivity index (χ1v) is 5.12. The van der Waals surface area contributed by atoms with Crippen LogP contribution in [0.4, 0.5) is 0 Å². The number of cyclic esters (lactones) is 1. The van der Waals surface area contributed by atoms with Crippen molar-refractivity contribution in [2.45, 2.75) is 32.6 Å². The number of aliphatic hydroxyl groups is 1. The van der Waals surface area contributed by atoms with E-state index < -0.39 is 12.6 Å². The fraction of sp³-hybridized carbons (Fsp3) is 0.800. The zero-order valence-corrected chi connectivity index (χ0v) is 9.03. The molecule has 88 valence electrons. The summed E-state index contributed by atoms with van der Waals surface area (Å²) in [5, 5.41) is 7.99. The highest BCUT2D eigenvalue weighted by Crippen LogP contribution is 2.06. The molecule has 0 bridgehead atoms. The molecule has 1 rings (SSSR count). The molecule has 0 atom stereocenters. The largest absolute Gasteiger partial charge is 0.466 e. The first-order valence-electron chi connectivity index (χ1n) is 5.12. The molecule has 1 N–H and O–H groups in total. The van der Waals surface area contributed by atoms with Crippen LogP contribution in [0.5, 0.6) is 0 Å². The molecule has 0 spiro atoms. The molecule has 0 unspecified atom stereocenters. The Morgan fingerprint density at radius 3 is 2.73 bits per heavy atom. The molecule has 0 saturated carbocycles. The van der Waals surface area contributed by atoms with Crippen molar-refractivity contribution in [2.24, 2.45) is 0 Å². The van der Waals surface area contributed by atoms with E-state index in [1.807, 2.05) is 0 Å². The number of esters is 2. The van der Waals surface area contributed by atoms with Gasteiger partial charge in [-0.05, 0) is 26.2 Å². The maximum absolute atomic E-state index is 10.5. The number of carbonyl (C=O) groups is 2. The van der Waals surface area contributed by atoms with Gasteiger partial charge in [0.05, 0.1) is 13.2 Å². The van der Waals surface area contributed by atoms with Gasteiger partial charge in [-0.25, -0.2) is 4.79 Å². The van der Waals surface area contributed by atoms with E-state index in [9.17, 15) is 9.59 Å². The van der Waals surface area contributed by atoms with Crippen LogP contribution in [0.1, 0.15) is 32.6 Å². The highest BCUT2D eigenvalue weighted by molar-refractivity contribution is 5.70. The second-order valence-corrected chi connectivity index (χ2v) is 2.99. The molecule has 1 aliphatic heterocycles. The van der Waals surface area contributed by atoms with Gasteiger partial charge in [-0.1, -0.05) is 0 Å². The quantitative estimate of drug-likeness (QED) is 0.689. The summed E-state index contributed by atoms with van der Waals surface area (Å²) in [7, 11) is 0. The minimum atomic E-state index is -0.567. The van der Waals surface area contributed by atoms with E-state index >= 15 is 0 Å². The Balaban J connectivity index is 0.000000265. The summed E-state index contributed by atoms with van der Waals surface area (Å²) in [6.45, 7) is 2.14. The van der Waals surface area contributed by atoms with Crippen LogP contribution < -0.4 is 0 Å². The lowest BCUT2D eigenvalue weighted by Gasteiger charge is -1.93. The molecule has 0 aromatic carbocycles. The lowest BCUT2D eigenvalue weighted by molar-refractivity contribution is -0.146. The van der Waals surface area contributed by atoms with Crippen molar-refractivity contribution in [1.29, 1.82) is 0 Å². The molecule has 1 heterocycles. The first-order chi connectivity index (χ1) is 7.20. The lowest BCUT2D eigenvalue weighted by Crippen LogP contribution is -2.07. The predicted octanol–water partition coefficient (Wildman–Crippen LogP) is 0.645. The highest BCUT2D eigenvalue weighted by atomic mass is 16.5. The summed E-state index contributed by atoms with van der Waals surface area (Å²) in [6, 6.07) is 0. The molecule has 0 aromatic heterocycles. The number of aliphatic hydroxyl groups excluding tert-OH is 1. The van der Waals surface area contributed by atoms with Gasteiger partial charge >= 0.3 is 11.9 Å². The Kier molecular flexibility index (Phi) is 8.76. The van der Waals surface area contributed by atoms with E-state index in [1.165, 1.54) is 0 Å². The Morgan fingerprint density at radius 1 is 1.47 bits per heavy atom. The van der Waals surface area contributed by atoms with E-state index in [4.69, 9.17) is 9.84 Å². The van der Waals surface area contributed by atoms with E-state index in [-0.39, 0.29) is 5.97 Å². The Hall–Kier alpha value is -1.10. The van der Waals surface area contributed by atoms with Gasteiger partial charge in [-0.3, -0.25) is 4.79 Å². The van der Waals surface area contributed by atoms with Gasteiger partial charge in [-0.2, -0.15) is 0 Å². The van der Waals surface area contributed by atoms with Crippen LogP contribution in [-0.4, -0.2) is 36.9 Å². The number of ether oxygens (including phenoxy) is 2. The maximum atomic E-state index is 10.5. The van der Waals surface area contributed by atoms with Gasteiger partial charge in [-0.15, -0.1) is 0 Å². The number of carbonyl (C=O) groups excluding carboxylic acids is 2. The van der Waals surface area contributed by atoms with Crippen molar-refractivity contribution < 1.29 is 24.2 Å². The topological polar surface area (TPSA) is 72.8 Å². The van der Waals surface area contributed by atoms with Crippen LogP contribution in [0.25, 0.3) is 0 Å². The third kappa shape index (κ3) is 9.21. The smallest absolute Gasteiger partial charge is 0.331 e. The van der Waals surface area contributed by atoms with Gasteiger partial charge in [0.2, 0.25) is 0 Å². The fourth-order valence-electron chi connectivity index (χ4n) is 1.01. The summed E-state index contributed by atoms with van der Waals surface area (Å²) >= 11 is 0. The summed E-state index contributed by atoms with van der Waals surface area (Å²) in [4.78, 5) is 20.4. The van der Waals surface area contributed by atoms with Crippen molar-refractivity contribution in [2.75, 3.05) is 19.8 Å². The summed E-state index contributed by atoms with van der Waals surface area (Å²) < 4.78 is 9.07. The summed E-state index contributed by atoms with van der Waals surface area (Å²) in [5.74, 6) is -0.593. The molecule has 1 saturated heterocycles. The second kappa shape index (κ2) is 9.45. The van der Waals surface area contributed by atoms with Crippen molar-refractivity contribution in [3.05, 3.63) is 0 Å². The molecular formula is C10H18O5. The predicted molar refractivity (Wildman–Crippen MR) is 53.1 cm³/mol. The van der Waals surface area contributed by atoms with Crippen LogP contribution in [0.3, 0.4) is 0 Å². The molecule has 5 heteroatoms. The van der Waals surface area contributed by atoms with Crippen molar-refractivity contribution in [3.8, 4) is 0 Å². The molecule has 15 heavy (non-hydrogen) atoms. The molecular weight excluding hydrogens is 200 g/mol. The van der Waals surface area contributed by atoms with Crippen LogP contribution in [0, 0.1) is 0 Å². The van der Waals surface area contributed by atoms with E-state index in [2.05, 4.69) is 4.74 Å². The standard InChI is InChI=1S/C6H10O2.C4H8O3/c7-6-4-2-1-3-5-8-6;1-2-7-4(6)3-5/h1-5H2;5H,2-3H2,1H3. The molecule has 0 amide bonds. The van der Waals surface area contributed by atoms with Crippen molar-refractivity contribution >= 4 is 11.9 Å². The zero-order chi connectivity index (χ0) is 11.5. The second-order valence-electron chi connectivity index (χ2n) is 2.99. The molecule has 1 fully saturated rings. The first kappa shape index (κ1) is 13.9. The van der Waals surface area contributed by atoms with Gasteiger partial charge in [0.15, 0.2) is 0 Å². The van der Waals surface area contributed by atoms with Gasteiger partial charge < -0.3 is 14.6 Å². The van der Waals surface area contributed by atoms with Gasteiger partial charge in [0.1, 0.15) is 6.61 Å². The Morgan fingerprint density at radius 2 is 2.20 bits per heavy atom. The van der Waals surface area contributed by atoms with Crippen LogP contribution in [0.15, 0.2) is 0 Å². The van der Waals surface area contributed by atoms with Crippen LogP contribution >= 0.6 is 0 Å². The minimum absolute atomic E-state index is 0.0255. The third-order valence-corrected chi connectivity index (χ3v) is 1.72. The zero-order valence-electron chi connectivity index (χ0n) is 9.03. The number of hydrogen-bond acceptors (Lipinski definition) is 5. The van der Waals surface area contributed by atoms with Crippen molar-refractivity contribution in [1.82, 2.24) is 0 Å². The summed E-state index contributed by atoms with van der Waals surface area (Å²) in [6.07, 6.45) is 3.83. The summed E-state index contributed by atoms with van der Waals surface area (Å²) in [5.41, 5.74) is 0. The van der Waals surface area contributed by atoms with Gasteiger partial charge in [0, 0.05) is 6.42 Å². The lowest BCUT2D eigenvalue weighted by atomic mass is 10.2. The van der Waals surface area contributed by atoms with Crippen LogP contribution in [0.2, 0.25) is 0 Å². The molecule has 0 radical (unpaired) electrons. The van der Waals surface area contributed by atoms with Gasteiger partial charge in [0.25, 0.3) is 0 Å². The van der Waals surface area contributed by atoms with E-state index in [0.29, 0.717) is 19.6 Å². The number of rotatable bonds is 2. The fourth-order valence-corrected chi connectivity index (χ4v) is 1.01. The molecule has 5 nitrogen and oxygen atoms in total. The molecule has 0 aromatic rings. The molecule has 1 aliphatic rings. The SMILES string of the molecule is CCOC(=O)CO.O=C1CCCCCO1. The third-order valence-electron chi connectivity index (χ3n) is 1.72. The van der Waals surface area contributed by atoms with E-state index in [0.717, 1.165) is 19.3 Å². The van der Waals surface area contributed by atoms with Crippen LogP contribution in [-0.2, 0) is 19.1 Å². The average Bonchev–Trinajstić information content (AvgIpc) is 2.47. The minimum Gasteiger partial charge on any atom is -0.466 e. The van der Waals surface area contributed by atoms with Crippen molar-refractivity contribution in [3.63, 3.8) is 0 Å². The highest BCUT2D eigenvalue weighted by Gasteiger charge is 2.05. The normalized spacial score (nSPS) is 15.5. The maximum Gasteiger partial charge on any atom is 0.331 e. The monoisotopic (exact) mass is 218 g/mol. The Bertz CT molecular complexity index is 180. The van der Waals surface area contributed by atoms with E-state index in [1.54, 1.807) is 6.92 Å². The molecule has 0 aliphatic carbocycles. The average molecular weight is 218 g/mol. The Labute approximate surface area is 89.4 Å².